The van der Waals surface area contributed by atoms with E-state index in [0.29, 0.717) is 0 Å². The van der Waals surface area contributed by atoms with E-state index in [1.54, 1.807) is 0 Å². The molecule has 66 valence electrons. The molecule has 0 bridgehead atoms. The van der Waals surface area contributed by atoms with Crippen LogP contribution in [0.15, 0.2) is 0 Å². The van der Waals surface area contributed by atoms with Gasteiger partial charge in [0.25, 0.3) is 0 Å². The van der Waals surface area contributed by atoms with E-state index in [1.165, 1.54) is 38.0 Å². The van der Waals surface area contributed by atoms with Gasteiger partial charge in [-0.25, -0.2) is 0 Å². The van der Waals surface area contributed by atoms with Gasteiger partial charge in [0.15, 0.2) is 0 Å². The van der Waals surface area contributed by atoms with Crippen LogP contribution in [-0.2, 0) is 8.89 Å². The van der Waals surface area contributed by atoms with Crippen molar-refractivity contribution in [1.82, 2.24) is 0 Å². The molecule has 0 saturated carbocycles. The number of hydrogen-bond donors (Lipinski definition) is 0. The minimum absolute atomic E-state index is 1.03. The molecule has 10 aliphatic heterocycles. The summed E-state index contributed by atoms with van der Waals surface area (Å²) in [5, 5.41) is 0. The van der Waals surface area contributed by atoms with Gasteiger partial charge >= 0.3 is 68.1 Å². The summed E-state index contributed by atoms with van der Waals surface area (Å²) in [6.07, 6.45) is 0. The van der Waals surface area contributed by atoms with Gasteiger partial charge in [-0.1, -0.05) is 0 Å². The normalized spacial score (nSPS) is 152. The third kappa shape index (κ3) is 0.0334. The van der Waals surface area contributed by atoms with Crippen LogP contribution in [0.2, 0.25) is 41.7 Å². The molecular formula is C11H11ClTi. The fraction of sp³-hybridized carbons (Fsp3) is 1.00. The average Bonchev–Trinajstić information content (AvgIpc) is 3.12. The number of alkyl halides is 1. The van der Waals surface area contributed by atoms with Crippen molar-refractivity contribution in [1.29, 1.82) is 0 Å². The minimum atomic E-state index is -3.00. The second-order valence-electron chi connectivity index (χ2n) is 13.1. The number of rotatable bonds is 1. The van der Waals surface area contributed by atoms with Gasteiger partial charge in [-0.15, -0.1) is 0 Å². The van der Waals surface area contributed by atoms with Crippen LogP contribution >= 0.6 is 11.6 Å². The van der Waals surface area contributed by atoms with Gasteiger partial charge in [-0.3, -0.25) is 0 Å². The first kappa shape index (κ1) is 4.48. The van der Waals surface area contributed by atoms with Crippen LogP contribution in [0, 0.1) is 0 Å². The molecule has 2 heteroatoms. The van der Waals surface area contributed by atoms with Crippen LogP contribution < -0.4 is 0 Å². The summed E-state index contributed by atoms with van der Waals surface area (Å²) in [5.74, 6) is 1.16. The molecule has 4 unspecified atom stereocenters. The summed E-state index contributed by atoms with van der Waals surface area (Å²) in [7, 11) is -3.00. The number of halogens is 1. The van der Waals surface area contributed by atoms with Crippen LogP contribution in [0.25, 0.3) is 0 Å². The van der Waals surface area contributed by atoms with Crippen LogP contribution in [0.3, 0.4) is 0 Å². The second kappa shape index (κ2) is 0.293. The molecule has 0 radical (unpaired) electrons. The molecule has 10 fully saturated rings. The van der Waals surface area contributed by atoms with Crippen molar-refractivity contribution in [3.05, 3.63) is 0 Å². The Hall–Kier alpha value is 1.00. The van der Waals surface area contributed by atoms with E-state index >= 15 is 0 Å². The maximum atomic E-state index is 6.45. The van der Waals surface area contributed by atoms with Crippen molar-refractivity contribution in [3.8, 4) is 0 Å². The Bertz CT molecular complexity index is 770. The molecule has 10 heterocycles. The first-order valence-corrected chi connectivity index (χ1v) is 16.1. The van der Waals surface area contributed by atoms with Crippen molar-refractivity contribution in [2.45, 2.75) is 41.7 Å². The van der Waals surface area contributed by atoms with E-state index in [9.17, 15) is 0 Å². The molecular weight excluding hydrogens is 215 g/mol. The molecule has 13 heavy (non-hydrogen) atoms. The summed E-state index contributed by atoms with van der Waals surface area (Å²) < 4.78 is 14.4. The molecule has 0 N–H and O–H groups in total. The van der Waals surface area contributed by atoms with Gasteiger partial charge in [-0.2, -0.15) is 0 Å². The Morgan fingerprint density at radius 2 is 1.31 bits per heavy atom. The van der Waals surface area contributed by atoms with Crippen LogP contribution in [0.1, 0.15) is 0 Å². The molecule has 1 spiro atoms. The summed E-state index contributed by atoms with van der Waals surface area (Å²) in [4.78, 5) is 0. The second-order valence-corrected chi connectivity index (χ2v) is 46.9. The standard InChI is InChI=1S/C6H6Cl.C5H5.Ti/c7-5-6-3-1-2-4-6;1-2-4-5-3-1;/h1-4H,5H2;1-5H;. The fourth-order valence-corrected chi connectivity index (χ4v) is 151. The zero-order valence-corrected chi connectivity index (χ0v) is 9.60. The first-order valence-electron chi connectivity index (χ1n) is 6.71. The maximum absolute atomic E-state index is 6.45. The van der Waals surface area contributed by atoms with Crippen molar-refractivity contribution >= 4 is 11.6 Å². The zero-order chi connectivity index (χ0) is 7.72. The topological polar surface area (TPSA) is 0 Å². The monoisotopic (exact) mass is 226 g/mol. The summed E-state index contributed by atoms with van der Waals surface area (Å²) in [6.45, 7) is 0. The predicted octanol–water partition coefficient (Wildman–Crippen LogP) is 3.98. The van der Waals surface area contributed by atoms with Crippen molar-refractivity contribution in [2.75, 3.05) is 5.88 Å². The van der Waals surface area contributed by atoms with E-state index in [-0.39, 0.29) is 0 Å². The molecule has 4 atom stereocenters. The molecule has 0 amide bonds. The Labute approximate surface area is 67.9 Å². The quantitative estimate of drug-likeness (QED) is 0.469. The molecule has 0 aromatic carbocycles. The molecule has 0 nitrogen and oxygen atoms in total. The van der Waals surface area contributed by atoms with Crippen molar-refractivity contribution in [2.24, 2.45) is 0 Å². The van der Waals surface area contributed by atoms with Gasteiger partial charge in [-0.05, 0) is 0 Å². The van der Waals surface area contributed by atoms with Crippen LogP contribution in [0.5, 0.6) is 0 Å². The molecule has 10 rings (SSSR count). The van der Waals surface area contributed by atoms with E-state index in [1.807, 2.05) is 0 Å². The first-order chi connectivity index (χ1) is 6.11. The number of fused-ring (bicyclic) bond motifs is 10. The van der Waals surface area contributed by atoms with E-state index in [2.05, 4.69) is 0 Å². The SMILES string of the molecule is ClC[C]12[CH]3[CH]4[CH]5[CH]1[Ti]45321678[CH]2[CH]1[CH]6[CH]7[CH]28. The van der Waals surface area contributed by atoms with Crippen LogP contribution in [0.4, 0.5) is 0 Å². The third-order valence-electron chi connectivity index (χ3n) is 20.9. The Morgan fingerprint density at radius 1 is 0.846 bits per heavy atom. The Kier molecular flexibility index (Phi) is 0.101. The van der Waals surface area contributed by atoms with E-state index in [0.717, 1.165) is 9.60 Å². The molecule has 10 saturated heterocycles. The van der Waals surface area contributed by atoms with E-state index < -0.39 is 8.89 Å². The van der Waals surface area contributed by atoms with Gasteiger partial charge in [0, 0.05) is 0 Å². The summed E-state index contributed by atoms with van der Waals surface area (Å²) in [5.41, 5.74) is 0. The average molecular weight is 227 g/mol. The van der Waals surface area contributed by atoms with Gasteiger partial charge < -0.3 is 0 Å². The summed E-state index contributed by atoms with van der Waals surface area (Å²) in [6, 6.07) is 0. The van der Waals surface area contributed by atoms with Gasteiger partial charge in [0.1, 0.15) is 0 Å². The fourth-order valence-electron chi connectivity index (χ4n) is 24.8. The van der Waals surface area contributed by atoms with Crippen molar-refractivity contribution in [3.63, 3.8) is 0 Å². The Morgan fingerprint density at radius 3 is 1.38 bits per heavy atom. The molecule has 10 aliphatic rings. The number of hydrogen-bond acceptors (Lipinski definition) is 0. The summed E-state index contributed by atoms with van der Waals surface area (Å²) >= 11 is 6.45. The van der Waals surface area contributed by atoms with Gasteiger partial charge in [0.2, 0.25) is 0 Å². The van der Waals surface area contributed by atoms with Crippen molar-refractivity contribution < 1.29 is 8.89 Å². The predicted molar refractivity (Wildman–Crippen MR) is 47.2 cm³/mol. The zero-order valence-electron chi connectivity index (χ0n) is 7.28. The molecule has 0 aliphatic carbocycles. The molecule has 0 aromatic heterocycles. The van der Waals surface area contributed by atoms with E-state index in [4.69, 9.17) is 11.6 Å². The molecule has 0 aromatic rings. The third-order valence-corrected chi connectivity index (χ3v) is 82.4. The van der Waals surface area contributed by atoms with Crippen LogP contribution in [-0.4, -0.2) is 5.88 Å². The van der Waals surface area contributed by atoms with Gasteiger partial charge in [0.05, 0.1) is 0 Å². The Balaban J connectivity index is 2.08.